The molecule has 0 aliphatic carbocycles. The number of esters is 1. The summed E-state index contributed by atoms with van der Waals surface area (Å²) in [4.78, 5) is 24.6. The molecule has 2 atom stereocenters. The molecule has 0 saturated carbocycles. The number of aliphatic hydroxyl groups is 2. The minimum Gasteiger partial charge on any atom is -0.466 e. The van der Waals surface area contributed by atoms with E-state index in [2.05, 4.69) is 31.3 Å². The van der Waals surface area contributed by atoms with Gasteiger partial charge in [0.15, 0.2) is 0 Å². The summed E-state index contributed by atoms with van der Waals surface area (Å²) in [5.41, 5.74) is 0. The van der Waals surface area contributed by atoms with Crippen molar-refractivity contribution in [1.29, 1.82) is 0 Å². The number of hydrogen-bond acceptors (Lipinski definition) is 5. The van der Waals surface area contributed by atoms with E-state index in [-0.39, 0.29) is 18.5 Å². The number of carbonyl (C=O) groups is 2. The molecule has 0 bridgehead atoms. The fourth-order valence-electron chi connectivity index (χ4n) is 10.2. The second-order valence-electron chi connectivity index (χ2n) is 22.1. The van der Waals surface area contributed by atoms with Crippen molar-refractivity contribution in [2.75, 3.05) is 13.2 Å². The summed E-state index contributed by atoms with van der Waals surface area (Å²) in [5.74, 6) is -0.0324. The summed E-state index contributed by atoms with van der Waals surface area (Å²) >= 11 is 0. The van der Waals surface area contributed by atoms with Gasteiger partial charge in [-0.1, -0.05) is 309 Å². The number of aliphatic hydroxyl groups excluding tert-OH is 2. The zero-order valence-electron chi connectivity index (χ0n) is 47.5. The Morgan fingerprint density at radius 3 is 1.01 bits per heavy atom. The first kappa shape index (κ1) is 68.6. The Hall–Kier alpha value is -1.40. The maximum Gasteiger partial charge on any atom is 0.305 e. The first-order valence-corrected chi connectivity index (χ1v) is 31.9. The predicted molar refractivity (Wildman–Crippen MR) is 306 cm³/mol. The molecule has 3 N–H and O–H groups in total. The van der Waals surface area contributed by atoms with E-state index in [1.165, 1.54) is 289 Å². The topological polar surface area (TPSA) is 95.9 Å². The van der Waals surface area contributed by atoms with Gasteiger partial charge in [0.1, 0.15) is 0 Å². The van der Waals surface area contributed by atoms with Crippen molar-refractivity contribution in [1.82, 2.24) is 5.32 Å². The van der Waals surface area contributed by atoms with Crippen LogP contribution in [0.1, 0.15) is 361 Å². The second kappa shape index (κ2) is 60.2. The molecule has 0 aromatic heterocycles. The lowest BCUT2D eigenvalue weighted by atomic mass is 10.0. The third-order valence-corrected chi connectivity index (χ3v) is 15.1. The number of nitrogens with one attached hydrogen (secondary N) is 1. The van der Waals surface area contributed by atoms with Crippen LogP contribution in [0.25, 0.3) is 0 Å². The standard InChI is InChI=1S/C64H125NO5/c1-3-5-7-9-11-13-15-17-19-21-26-30-34-38-42-46-50-54-58-64(69)70-59-55-51-47-43-39-35-31-27-24-22-23-25-29-33-37-41-45-49-53-57-63(68)65-61(60-66)62(67)56-52-48-44-40-36-32-28-20-18-16-14-12-10-8-6-4-2/h22-23,61-62,66-67H,3-21,24-60H2,1-2H3,(H,65,68)/b23-22-. The van der Waals surface area contributed by atoms with Crippen LogP contribution in [0.2, 0.25) is 0 Å². The number of ether oxygens (including phenoxy) is 1. The van der Waals surface area contributed by atoms with Crippen molar-refractivity contribution in [2.45, 2.75) is 373 Å². The van der Waals surface area contributed by atoms with Gasteiger partial charge in [-0.25, -0.2) is 0 Å². The van der Waals surface area contributed by atoms with Gasteiger partial charge in [-0.3, -0.25) is 9.59 Å². The molecule has 6 nitrogen and oxygen atoms in total. The maximum atomic E-state index is 12.5. The number of rotatable bonds is 60. The SMILES string of the molecule is CCCCCCCCCCCCCCCCCCCCC(=O)OCCCCCCCCCC/C=C\CCCCCCCCCC(=O)NC(CO)C(O)CCCCCCCCCCCCCCCCCC. The van der Waals surface area contributed by atoms with Gasteiger partial charge in [-0.2, -0.15) is 0 Å². The van der Waals surface area contributed by atoms with Crippen LogP contribution in [0.15, 0.2) is 12.2 Å². The summed E-state index contributed by atoms with van der Waals surface area (Å²) < 4.78 is 5.50. The summed E-state index contributed by atoms with van der Waals surface area (Å²) in [5, 5.41) is 23.3. The molecule has 70 heavy (non-hydrogen) atoms. The molecule has 1 amide bonds. The van der Waals surface area contributed by atoms with Crippen molar-refractivity contribution in [2.24, 2.45) is 0 Å². The van der Waals surface area contributed by atoms with Gasteiger partial charge in [0, 0.05) is 12.8 Å². The van der Waals surface area contributed by atoms with Crippen LogP contribution < -0.4 is 5.32 Å². The van der Waals surface area contributed by atoms with Crippen molar-refractivity contribution < 1.29 is 24.5 Å². The van der Waals surface area contributed by atoms with Gasteiger partial charge >= 0.3 is 5.97 Å². The number of amides is 1. The van der Waals surface area contributed by atoms with Gasteiger partial charge in [0.05, 0.1) is 25.4 Å². The molecule has 0 rings (SSSR count). The summed E-state index contributed by atoms with van der Waals surface area (Å²) in [6.07, 6.45) is 72.2. The highest BCUT2D eigenvalue weighted by Crippen LogP contribution is 2.18. The van der Waals surface area contributed by atoms with Crippen molar-refractivity contribution in [3.05, 3.63) is 12.2 Å². The Morgan fingerprint density at radius 2 is 0.671 bits per heavy atom. The molecule has 0 spiro atoms. The van der Waals surface area contributed by atoms with E-state index in [0.717, 1.165) is 38.5 Å². The Bertz CT molecular complexity index is 1050. The maximum absolute atomic E-state index is 12.5. The highest BCUT2D eigenvalue weighted by Gasteiger charge is 2.20. The molecule has 0 radical (unpaired) electrons. The molecule has 0 heterocycles. The van der Waals surface area contributed by atoms with E-state index < -0.39 is 12.1 Å². The van der Waals surface area contributed by atoms with E-state index >= 15 is 0 Å². The molecule has 416 valence electrons. The van der Waals surface area contributed by atoms with Crippen LogP contribution in [-0.4, -0.2) is 47.4 Å². The van der Waals surface area contributed by atoms with Crippen molar-refractivity contribution >= 4 is 11.9 Å². The Balaban J connectivity index is 3.41. The van der Waals surface area contributed by atoms with Crippen LogP contribution in [0.3, 0.4) is 0 Å². The fourth-order valence-corrected chi connectivity index (χ4v) is 10.2. The summed E-state index contributed by atoms with van der Waals surface area (Å²) in [7, 11) is 0. The summed E-state index contributed by atoms with van der Waals surface area (Å²) in [6.45, 7) is 4.97. The van der Waals surface area contributed by atoms with Crippen LogP contribution >= 0.6 is 0 Å². The number of allylic oxidation sites excluding steroid dienone is 2. The van der Waals surface area contributed by atoms with E-state index in [4.69, 9.17) is 4.74 Å². The molecule has 0 aromatic rings. The Labute approximate surface area is 438 Å². The van der Waals surface area contributed by atoms with Crippen LogP contribution in [0, 0.1) is 0 Å². The molecule has 0 fully saturated rings. The smallest absolute Gasteiger partial charge is 0.305 e. The van der Waals surface area contributed by atoms with Gasteiger partial charge in [-0.15, -0.1) is 0 Å². The molecule has 0 aromatic carbocycles. The molecular weight excluding hydrogens is 863 g/mol. The van der Waals surface area contributed by atoms with Gasteiger partial charge < -0.3 is 20.3 Å². The van der Waals surface area contributed by atoms with Crippen molar-refractivity contribution in [3.63, 3.8) is 0 Å². The lowest BCUT2D eigenvalue weighted by Crippen LogP contribution is -2.45. The van der Waals surface area contributed by atoms with Gasteiger partial charge in [-0.05, 0) is 51.4 Å². The molecule has 2 unspecified atom stereocenters. The van der Waals surface area contributed by atoms with Gasteiger partial charge in [0.25, 0.3) is 0 Å². The zero-order valence-corrected chi connectivity index (χ0v) is 47.5. The minimum absolute atomic E-state index is 0.00923. The molecule has 0 saturated heterocycles. The van der Waals surface area contributed by atoms with E-state index in [1.54, 1.807) is 0 Å². The van der Waals surface area contributed by atoms with E-state index in [1.807, 2.05) is 0 Å². The van der Waals surface area contributed by atoms with E-state index in [0.29, 0.717) is 25.9 Å². The average Bonchev–Trinajstić information content (AvgIpc) is 3.36. The third-order valence-electron chi connectivity index (χ3n) is 15.1. The molecule has 0 aliphatic heterocycles. The van der Waals surface area contributed by atoms with Crippen LogP contribution in [-0.2, 0) is 14.3 Å². The Morgan fingerprint density at radius 1 is 0.386 bits per heavy atom. The van der Waals surface area contributed by atoms with Crippen LogP contribution in [0.5, 0.6) is 0 Å². The highest BCUT2D eigenvalue weighted by atomic mass is 16.5. The minimum atomic E-state index is -0.670. The van der Waals surface area contributed by atoms with Crippen LogP contribution in [0.4, 0.5) is 0 Å². The lowest BCUT2D eigenvalue weighted by molar-refractivity contribution is -0.143. The van der Waals surface area contributed by atoms with Gasteiger partial charge in [0.2, 0.25) is 5.91 Å². The largest absolute Gasteiger partial charge is 0.466 e. The monoisotopic (exact) mass is 988 g/mol. The lowest BCUT2D eigenvalue weighted by Gasteiger charge is -2.22. The predicted octanol–water partition coefficient (Wildman–Crippen LogP) is 20.0. The highest BCUT2D eigenvalue weighted by molar-refractivity contribution is 5.76. The number of carbonyl (C=O) groups excluding carboxylic acids is 2. The zero-order chi connectivity index (χ0) is 50.7. The normalized spacial score (nSPS) is 12.6. The first-order chi connectivity index (χ1) is 34.5. The summed E-state index contributed by atoms with van der Waals surface area (Å²) in [6, 6.07) is -0.548. The average molecular weight is 989 g/mol. The number of hydrogen-bond donors (Lipinski definition) is 3. The second-order valence-corrected chi connectivity index (χ2v) is 22.1. The molecule has 6 heteroatoms. The quantitative estimate of drug-likeness (QED) is 0.0321. The van der Waals surface area contributed by atoms with Crippen molar-refractivity contribution in [3.8, 4) is 0 Å². The third kappa shape index (κ3) is 55.9. The molecule has 0 aliphatic rings. The van der Waals surface area contributed by atoms with E-state index in [9.17, 15) is 19.8 Å². The first-order valence-electron chi connectivity index (χ1n) is 31.9. The number of unbranched alkanes of at least 4 members (excludes halogenated alkanes) is 47. The molecular formula is C64H125NO5. The Kier molecular flexibility index (Phi) is 59.0. The fraction of sp³-hybridized carbons (Fsp3) is 0.938.